The van der Waals surface area contributed by atoms with E-state index >= 15 is 0 Å². The quantitative estimate of drug-likeness (QED) is 0.538. The second kappa shape index (κ2) is 1.71. The van der Waals surface area contributed by atoms with Gasteiger partial charge in [0.05, 0.1) is 11.5 Å². The molecule has 2 fully saturated rings. The van der Waals surface area contributed by atoms with Gasteiger partial charge in [-0.05, 0) is 29.6 Å². The molecule has 0 aromatic carbocycles. The first-order valence-corrected chi connectivity index (χ1v) is 4.77. The van der Waals surface area contributed by atoms with Crippen LogP contribution in [0.3, 0.4) is 0 Å². The highest BCUT2D eigenvalue weighted by atomic mass is 14.8. The molecular weight excluding hydrogens is 146 g/mol. The van der Waals surface area contributed by atoms with Gasteiger partial charge in [-0.3, -0.25) is 0 Å². The molecule has 2 rings (SSSR count). The fourth-order valence-electron chi connectivity index (χ4n) is 3.65. The summed E-state index contributed by atoms with van der Waals surface area (Å²) in [6.07, 6.45) is 2.35. The van der Waals surface area contributed by atoms with Crippen LogP contribution in [0.15, 0.2) is 0 Å². The monoisotopic (exact) mass is 163 g/mol. The maximum atomic E-state index is 9.18. The number of rotatable bonds is 0. The summed E-state index contributed by atoms with van der Waals surface area (Å²) in [5.41, 5.74) is 0.686. The lowest BCUT2D eigenvalue weighted by molar-refractivity contribution is 0.217. The predicted octanol–water partition coefficient (Wildman–Crippen LogP) is 2.97. The maximum Gasteiger partial charge on any atom is 0.0698 e. The van der Waals surface area contributed by atoms with Crippen LogP contribution in [0.5, 0.6) is 0 Å². The average molecular weight is 163 g/mol. The Morgan fingerprint density at radius 2 is 1.83 bits per heavy atom. The number of nitrogens with zero attached hydrogens (tertiary/aromatic N) is 1. The SMILES string of the molecule is CC1(C)CC(C)(C)C2(C#N)CC12. The zero-order chi connectivity index (χ0) is 9.20. The molecule has 66 valence electrons. The normalized spacial score (nSPS) is 46.4. The molecule has 12 heavy (non-hydrogen) atoms. The molecule has 2 atom stereocenters. The molecule has 0 aliphatic heterocycles. The van der Waals surface area contributed by atoms with Crippen LogP contribution in [0.4, 0.5) is 0 Å². The molecule has 2 aliphatic rings. The van der Waals surface area contributed by atoms with Crippen molar-refractivity contribution in [2.75, 3.05) is 0 Å². The molecule has 2 aliphatic carbocycles. The molecule has 0 saturated heterocycles. The van der Waals surface area contributed by atoms with Gasteiger partial charge in [0, 0.05) is 0 Å². The van der Waals surface area contributed by atoms with E-state index in [1.54, 1.807) is 0 Å². The van der Waals surface area contributed by atoms with Crippen molar-refractivity contribution in [2.45, 2.75) is 40.5 Å². The van der Waals surface area contributed by atoms with Crippen molar-refractivity contribution in [2.24, 2.45) is 22.2 Å². The topological polar surface area (TPSA) is 23.8 Å². The van der Waals surface area contributed by atoms with Crippen LogP contribution < -0.4 is 0 Å². The van der Waals surface area contributed by atoms with E-state index in [9.17, 15) is 5.26 Å². The summed E-state index contributed by atoms with van der Waals surface area (Å²) in [6.45, 7) is 9.13. The molecule has 1 heteroatoms. The van der Waals surface area contributed by atoms with E-state index in [0.29, 0.717) is 11.3 Å². The minimum absolute atomic E-state index is 0.0382. The second-order valence-corrected chi connectivity index (χ2v) is 5.89. The van der Waals surface area contributed by atoms with Gasteiger partial charge in [0.2, 0.25) is 0 Å². The van der Waals surface area contributed by atoms with Crippen molar-refractivity contribution in [3.63, 3.8) is 0 Å². The summed E-state index contributed by atoms with van der Waals surface area (Å²) in [4.78, 5) is 0. The molecule has 0 amide bonds. The molecule has 2 unspecified atom stereocenters. The molecule has 0 heterocycles. The van der Waals surface area contributed by atoms with E-state index in [4.69, 9.17) is 0 Å². The highest BCUT2D eigenvalue weighted by Crippen LogP contribution is 2.77. The molecule has 0 aromatic heterocycles. The van der Waals surface area contributed by atoms with E-state index in [1.165, 1.54) is 6.42 Å². The summed E-state index contributed by atoms with van der Waals surface area (Å²) in [5.74, 6) is 0.671. The summed E-state index contributed by atoms with van der Waals surface area (Å²) in [7, 11) is 0. The van der Waals surface area contributed by atoms with Gasteiger partial charge in [-0.25, -0.2) is 0 Å². The largest absolute Gasteiger partial charge is 0.198 e. The van der Waals surface area contributed by atoms with Gasteiger partial charge in [0.1, 0.15) is 0 Å². The highest BCUT2D eigenvalue weighted by Gasteiger charge is 2.73. The van der Waals surface area contributed by atoms with Crippen LogP contribution >= 0.6 is 0 Å². The van der Waals surface area contributed by atoms with Crippen molar-refractivity contribution in [1.29, 1.82) is 5.26 Å². The molecule has 0 N–H and O–H groups in total. The van der Waals surface area contributed by atoms with Crippen LogP contribution in [0.1, 0.15) is 40.5 Å². The van der Waals surface area contributed by atoms with Gasteiger partial charge in [-0.1, -0.05) is 27.7 Å². The first-order chi connectivity index (χ1) is 5.36. The van der Waals surface area contributed by atoms with Gasteiger partial charge in [-0.15, -0.1) is 0 Å². The second-order valence-electron chi connectivity index (χ2n) is 5.89. The first-order valence-electron chi connectivity index (χ1n) is 4.77. The third kappa shape index (κ3) is 0.648. The van der Waals surface area contributed by atoms with Crippen molar-refractivity contribution < 1.29 is 0 Å². The molecular formula is C11H17N. The average Bonchev–Trinajstić information content (AvgIpc) is 2.55. The number of fused-ring (bicyclic) bond motifs is 1. The Balaban J connectivity index is 2.41. The van der Waals surface area contributed by atoms with Crippen LogP contribution in [0.25, 0.3) is 0 Å². The third-order valence-electron chi connectivity index (χ3n) is 4.21. The van der Waals surface area contributed by atoms with Gasteiger partial charge in [-0.2, -0.15) is 5.26 Å². The molecule has 2 saturated carbocycles. The van der Waals surface area contributed by atoms with Gasteiger partial charge >= 0.3 is 0 Å². The zero-order valence-electron chi connectivity index (χ0n) is 8.44. The molecule has 0 bridgehead atoms. The zero-order valence-corrected chi connectivity index (χ0v) is 8.44. The van der Waals surface area contributed by atoms with Gasteiger partial charge < -0.3 is 0 Å². The van der Waals surface area contributed by atoms with Crippen LogP contribution in [0.2, 0.25) is 0 Å². The van der Waals surface area contributed by atoms with Gasteiger partial charge in [0.15, 0.2) is 0 Å². The number of nitriles is 1. The Labute approximate surface area is 74.8 Å². The van der Waals surface area contributed by atoms with Crippen molar-refractivity contribution in [1.82, 2.24) is 0 Å². The number of hydrogen-bond acceptors (Lipinski definition) is 1. The van der Waals surface area contributed by atoms with E-state index in [2.05, 4.69) is 33.8 Å². The van der Waals surface area contributed by atoms with E-state index in [0.717, 1.165) is 6.42 Å². The molecule has 0 spiro atoms. The predicted molar refractivity (Wildman–Crippen MR) is 48.3 cm³/mol. The molecule has 0 radical (unpaired) electrons. The van der Waals surface area contributed by atoms with Crippen LogP contribution in [-0.4, -0.2) is 0 Å². The lowest BCUT2D eigenvalue weighted by Gasteiger charge is -2.28. The maximum absolute atomic E-state index is 9.18. The Bertz CT molecular complexity index is 269. The Morgan fingerprint density at radius 3 is 2.00 bits per heavy atom. The summed E-state index contributed by atoms with van der Waals surface area (Å²) >= 11 is 0. The Morgan fingerprint density at radius 1 is 1.25 bits per heavy atom. The van der Waals surface area contributed by atoms with Crippen molar-refractivity contribution in [3.8, 4) is 6.07 Å². The van der Waals surface area contributed by atoms with E-state index in [-0.39, 0.29) is 10.8 Å². The minimum Gasteiger partial charge on any atom is -0.198 e. The first kappa shape index (κ1) is 8.10. The van der Waals surface area contributed by atoms with Gasteiger partial charge in [0.25, 0.3) is 0 Å². The Hall–Kier alpha value is -0.510. The summed E-state index contributed by atoms with van der Waals surface area (Å²) in [6, 6.07) is 2.56. The van der Waals surface area contributed by atoms with Crippen molar-refractivity contribution >= 4 is 0 Å². The molecule has 0 aromatic rings. The highest BCUT2D eigenvalue weighted by molar-refractivity contribution is 5.29. The fraction of sp³-hybridized carbons (Fsp3) is 0.909. The lowest BCUT2D eigenvalue weighted by atomic mass is 9.75. The number of hydrogen-bond donors (Lipinski definition) is 0. The summed E-state index contributed by atoms with van der Waals surface area (Å²) in [5, 5.41) is 9.18. The van der Waals surface area contributed by atoms with Crippen LogP contribution in [-0.2, 0) is 0 Å². The van der Waals surface area contributed by atoms with E-state index in [1.807, 2.05) is 0 Å². The standard InChI is InChI=1S/C11H17N/c1-9(2)6-10(3,4)11(7-12)5-8(9)11/h8H,5-6H2,1-4H3. The molecule has 1 nitrogen and oxygen atoms in total. The lowest BCUT2D eigenvalue weighted by Crippen LogP contribution is -2.22. The third-order valence-corrected chi connectivity index (χ3v) is 4.21. The van der Waals surface area contributed by atoms with E-state index < -0.39 is 0 Å². The fourth-order valence-corrected chi connectivity index (χ4v) is 3.65. The summed E-state index contributed by atoms with van der Waals surface area (Å²) < 4.78 is 0. The Kier molecular flexibility index (Phi) is 1.16. The van der Waals surface area contributed by atoms with Crippen molar-refractivity contribution in [3.05, 3.63) is 0 Å². The van der Waals surface area contributed by atoms with Crippen LogP contribution in [0, 0.1) is 33.5 Å². The smallest absolute Gasteiger partial charge is 0.0698 e. The minimum atomic E-state index is 0.0382.